The quantitative estimate of drug-likeness (QED) is 0.112. The van der Waals surface area contributed by atoms with Crippen LogP contribution in [0.4, 0.5) is 19.0 Å². The van der Waals surface area contributed by atoms with Crippen LogP contribution >= 0.6 is 0 Å². The minimum absolute atomic E-state index is 0.00387. The number of rotatable bonds is 9. The average molecular weight is 837 g/mol. The minimum atomic E-state index is -2.33. The number of phenols is 1. The van der Waals surface area contributed by atoms with Gasteiger partial charge in [0.05, 0.1) is 28.4 Å². The highest BCUT2D eigenvalue weighted by Gasteiger charge is 2.49. The highest BCUT2D eigenvalue weighted by molar-refractivity contribution is 6.90. The predicted molar refractivity (Wildman–Crippen MR) is 233 cm³/mol. The number of aromatic nitrogens is 5. The number of hydrogen-bond donors (Lipinski definition) is 2. The first-order chi connectivity index (χ1) is 28.7. The van der Waals surface area contributed by atoms with Crippen molar-refractivity contribution in [2.45, 2.75) is 114 Å². The Balaban J connectivity index is 1.30. The van der Waals surface area contributed by atoms with Crippen molar-refractivity contribution in [1.82, 2.24) is 34.9 Å². The Morgan fingerprint density at radius 3 is 2.38 bits per heavy atom. The summed E-state index contributed by atoms with van der Waals surface area (Å²) in [6.45, 7) is 15.8. The Bertz CT molecular complexity index is 2520. The maximum atomic E-state index is 18.0. The maximum absolute atomic E-state index is 18.0. The van der Waals surface area contributed by atoms with Gasteiger partial charge in [0.15, 0.2) is 5.82 Å². The molecule has 5 aromatic rings. The van der Waals surface area contributed by atoms with Gasteiger partial charge in [0.2, 0.25) is 0 Å². The van der Waals surface area contributed by atoms with E-state index in [2.05, 4.69) is 73.2 Å². The van der Waals surface area contributed by atoms with E-state index in [1.165, 1.54) is 12.1 Å². The van der Waals surface area contributed by atoms with Crippen LogP contribution in [0.25, 0.3) is 44.2 Å². The molecule has 0 amide bonds. The van der Waals surface area contributed by atoms with Crippen LogP contribution in [0.3, 0.4) is 0 Å². The minimum Gasteiger partial charge on any atom is -0.508 e. The fraction of sp³-hybridized carbons (Fsp3) is 0.522. The molecule has 4 fully saturated rings. The van der Waals surface area contributed by atoms with Crippen LogP contribution in [0.1, 0.15) is 79.2 Å². The first-order valence-corrected chi connectivity index (χ1v) is 23.8. The summed E-state index contributed by atoms with van der Waals surface area (Å²) >= 11 is 0. The number of halogens is 3. The molecule has 14 heteroatoms. The van der Waals surface area contributed by atoms with Gasteiger partial charge in [-0.3, -0.25) is 9.58 Å². The molecule has 60 heavy (non-hydrogen) atoms. The van der Waals surface area contributed by atoms with Crippen molar-refractivity contribution in [3.05, 3.63) is 53.9 Å². The maximum Gasteiger partial charge on any atom is 0.319 e. The number of piperazine rings is 1. The van der Waals surface area contributed by atoms with Crippen LogP contribution in [0.5, 0.6) is 11.8 Å². The molecule has 2 N–H and O–H groups in total. The van der Waals surface area contributed by atoms with Gasteiger partial charge >= 0.3 is 6.01 Å². The zero-order valence-electron chi connectivity index (χ0n) is 35.6. The molecule has 2 bridgehead atoms. The number of pyridine rings is 1. The second-order valence-electron chi connectivity index (χ2n) is 18.6. The van der Waals surface area contributed by atoms with Gasteiger partial charge in [0.1, 0.15) is 49.4 Å². The van der Waals surface area contributed by atoms with E-state index in [1.54, 1.807) is 30.1 Å². The zero-order valence-corrected chi connectivity index (χ0v) is 36.6. The number of nitrogens with zero attached hydrogens (tertiary/aromatic N) is 7. The molecule has 4 saturated heterocycles. The Morgan fingerprint density at radius 2 is 1.70 bits per heavy atom. The van der Waals surface area contributed by atoms with Crippen LogP contribution < -0.4 is 15.0 Å². The molecule has 4 atom stereocenters. The van der Waals surface area contributed by atoms with E-state index in [0.29, 0.717) is 75.9 Å². The second-order valence-corrected chi connectivity index (χ2v) is 24.2. The Kier molecular flexibility index (Phi) is 10.4. The fourth-order valence-electron chi connectivity index (χ4n) is 11.3. The zero-order chi connectivity index (χ0) is 42.2. The van der Waals surface area contributed by atoms with Crippen LogP contribution in [0, 0.1) is 23.1 Å². The van der Waals surface area contributed by atoms with Crippen molar-refractivity contribution in [3.8, 4) is 45.7 Å². The molecule has 4 aliphatic rings. The number of ether oxygens (including phenoxy) is 1. The molecular formula is C46H55F3N8O2Si. The third-order valence-electron chi connectivity index (χ3n) is 14.0. The van der Waals surface area contributed by atoms with Crippen molar-refractivity contribution in [1.29, 1.82) is 0 Å². The summed E-state index contributed by atoms with van der Waals surface area (Å²) in [5.41, 5.74) is 5.27. The van der Waals surface area contributed by atoms with E-state index >= 15 is 8.78 Å². The summed E-state index contributed by atoms with van der Waals surface area (Å²) in [5, 5.41) is 20.6. The van der Waals surface area contributed by atoms with Gasteiger partial charge in [-0.25, -0.2) is 18.2 Å². The third-order valence-corrected chi connectivity index (χ3v) is 20.3. The number of aryl methyl sites for hydroxylation is 1. The summed E-state index contributed by atoms with van der Waals surface area (Å²) in [7, 11) is -0.530. The van der Waals surface area contributed by atoms with E-state index in [9.17, 15) is 9.50 Å². The van der Waals surface area contributed by atoms with E-state index in [0.717, 1.165) is 32.2 Å². The van der Waals surface area contributed by atoms with Gasteiger partial charge in [-0.2, -0.15) is 15.1 Å². The highest BCUT2D eigenvalue weighted by atomic mass is 28.3. The lowest BCUT2D eigenvalue weighted by molar-refractivity contribution is 0.107. The molecule has 0 aliphatic carbocycles. The van der Waals surface area contributed by atoms with Crippen molar-refractivity contribution in [3.63, 3.8) is 0 Å². The Morgan fingerprint density at radius 1 is 0.967 bits per heavy atom. The molecule has 4 aliphatic heterocycles. The number of aromatic hydroxyl groups is 1. The summed E-state index contributed by atoms with van der Waals surface area (Å²) < 4.78 is 57.3. The van der Waals surface area contributed by atoms with Crippen molar-refractivity contribution >= 4 is 35.6 Å². The molecule has 0 saturated carbocycles. The lowest BCUT2D eigenvalue weighted by atomic mass is 9.95. The first-order valence-electron chi connectivity index (χ1n) is 21.6. The van der Waals surface area contributed by atoms with Gasteiger partial charge in [-0.15, -0.1) is 5.54 Å². The number of benzene rings is 2. The molecule has 0 radical (unpaired) electrons. The molecule has 9 rings (SSSR count). The summed E-state index contributed by atoms with van der Waals surface area (Å²) in [5.74, 6) is 2.39. The van der Waals surface area contributed by atoms with E-state index in [-0.39, 0.29) is 52.8 Å². The number of hydrogen-bond acceptors (Lipinski definition) is 9. The normalized spacial score (nSPS) is 23.1. The van der Waals surface area contributed by atoms with Crippen molar-refractivity contribution in [2.75, 3.05) is 37.7 Å². The topological polar surface area (TPSA) is 104 Å². The number of alkyl halides is 1. The fourth-order valence-corrected chi connectivity index (χ4v) is 16.5. The van der Waals surface area contributed by atoms with E-state index < -0.39 is 31.4 Å². The number of phenolic OH excluding ortho intramolecular Hbond substituents is 1. The number of nitrogens with one attached hydrogen (secondary N) is 1. The first kappa shape index (κ1) is 40.7. The second kappa shape index (κ2) is 15.3. The summed E-state index contributed by atoms with van der Waals surface area (Å²) in [6.07, 6.45) is 6.68. The smallest absolute Gasteiger partial charge is 0.319 e. The van der Waals surface area contributed by atoms with Gasteiger partial charge in [0, 0.05) is 67.9 Å². The molecule has 0 spiro atoms. The number of anilines is 1. The van der Waals surface area contributed by atoms with Gasteiger partial charge in [-0.1, -0.05) is 53.5 Å². The van der Waals surface area contributed by atoms with Crippen molar-refractivity contribution in [2.24, 2.45) is 7.05 Å². The van der Waals surface area contributed by atoms with Crippen LogP contribution in [0.2, 0.25) is 16.6 Å². The third kappa shape index (κ3) is 6.81. The van der Waals surface area contributed by atoms with Gasteiger partial charge in [0.25, 0.3) is 0 Å². The molecule has 0 unspecified atom stereocenters. The number of fused-ring (bicyclic) bond motifs is 5. The standard InChI is InChI=1S/C46H55F3N8O2Si/c1-26(2)60(27(3)4,28(5)6)16-13-35-37(48)12-9-29-17-34(58)18-36(38(29)35)42-40(49)43-39(41(52-42)30-20-50-55(7)21-30)44(56-23-32-10-11-33(24-56)51-32)54-45(53-43)59-25-46-14-8-15-57(46)22-31(47)19-46/h9,12,17-18,20-21,26-28,31-33,51,58H,8,10-11,14-15,19,22-25H2,1-7H3/t31-,32-,33+,46+/m1/s1. The van der Waals surface area contributed by atoms with Crippen LogP contribution in [0.15, 0.2) is 36.7 Å². The lowest BCUT2D eigenvalue weighted by Crippen LogP contribution is -2.51. The van der Waals surface area contributed by atoms with Gasteiger partial charge < -0.3 is 20.1 Å². The van der Waals surface area contributed by atoms with Crippen LogP contribution in [-0.2, 0) is 7.05 Å². The summed E-state index contributed by atoms with van der Waals surface area (Å²) in [6, 6.07) is 6.39. The molecule has 3 aromatic heterocycles. The van der Waals surface area contributed by atoms with E-state index in [4.69, 9.17) is 19.7 Å². The molecule has 2 aromatic carbocycles. The highest BCUT2D eigenvalue weighted by Crippen LogP contribution is 2.45. The van der Waals surface area contributed by atoms with Crippen LogP contribution in [-0.4, -0.2) is 99.4 Å². The summed E-state index contributed by atoms with van der Waals surface area (Å²) in [4.78, 5) is 19.3. The molecule has 10 nitrogen and oxygen atoms in total. The predicted octanol–water partition coefficient (Wildman–Crippen LogP) is 8.69. The van der Waals surface area contributed by atoms with Gasteiger partial charge in [-0.05, 0) is 72.4 Å². The lowest BCUT2D eigenvalue weighted by Gasteiger charge is -2.38. The van der Waals surface area contributed by atoms with E-state index in [1.807, 2.05) is 6.20 Å². The molecule has 7 heterocycles. The largest absolute Gasteiger partial charge is 0.508 e. The van der Waals surface area contributed by atoms with Crippen molar-refractivity contribution < 1.29 is 23.0 Å². The molecule has 316 valence electrons. The Labute approximate surface area is 350 Å². The average Bonchev–Trinajstić information content (AvgIpc) is 3.97. The molecular weight excluding hydrogens is 782 g/mol. The SMILES string of the molecule is CC(C)[Si](C#Cc1c(F)ccc2cc(O)cc(-c3nc(-c4cnn(C)c4)c4c(N5C[C@H]6CC[C@@H](C5)N6)nc(OC[C@@]56CCCN5C[C@H](F)C6)nc4c3F)c12)(C(C)C)C(C)C. The monoisotopic (exact) mass is 836 g/mol. The Hall–Kier alpha value is -4.71.